The smallest absolute Gasteiger partial charge is 0.319 e. The number of benzene rings is 1. The van der Waals surface area contributed by atoms with Crippen LogP contribution in [0.25, 0.3) is 0 Å². The van der Waals surface area contributed by atoms with Crippen LogP contribution in [0.5, 0.6) is 0 Å². The number of aryl methyl sites for hydroxylation is 1. The Morgan fingerprint density at radius 1 is 1.25 bits per heavy atom. The zero-order valence-corrected chi connectivity index (χ0v) is 10.4. The van der Waals surface area contributed by atoms with Crippen LogP contribution in [0.2, 0.25) is 0 Å². The third-order valence-corrected chi connectivity index (χ3v) is 2.63. The molecule has 0 aromatic heterocycles. The van der Waals surface area contributed by atoms with Crippen LogP contribution in [0.3, 0.4) is 0 Å². The lowest BCUT2D eigenvalue weighted by molar-refractivity contribution is 0.246. The number of anilines is 1. The van der Waals surface area contributed by atoms with Crippen molar-refractivity contribution < 1.29 is 4.79 Å². The highest BCUT2D eigenvalue weighted by molar-refractivity contribution is 5.89. The second-order valence-corrected chi connectivity index (χ2v) is 4.50. The van der Waals surface area contributed by atoms with Gasteiger partial charge in [0.1, 0.15) is 0 Å². The number of urea groups is 1. The summed E-state index contributed by atoms with van der Waals surface area (Å²) in [6.07, 6.45) is 0. The van der Waals surface area contributed by atoms with Crippen molar-refractivity contribution in [3.8, 4) is 0 Å². The molecule has 88 valence electrons. The number of amides is 2. The highest BCUT2D eigenvalue weighted by Crippen LogP contribution is 2.09. The van der Waals surface area contributed by atoms with Gasteiger partial charge >= 0.3 is 6.03 Å². The van der Waals surface area contributed by atoms with Crippen molar-refractivity contribution in [1.82, 2.24) is 5.32 Å². The molecule has 0 spiro atoms. The van der Waals surface area contributed by atoms with Crippen molar-refractivity contribution >= 4 is 11.7 Å². The van der Waals surface area contributed by atoms with Gasteiger partial charge in [0.15, 0.2) is 0 Å². The van der Waals surface area contributed by atoms with E-state index in [9.17, 15) is 4.79 Å². The number of nitrogens with one attached hydrogen (secondary N) is 2. The van der Waals surface area contributed by atoms with Gasteiger partial charge in [-0.05, 0) is 37.5 Å². The highest BCUT2D eigenvalue weighted by atomic mass is 16.2. The lowest BCUT2D eigenvalue weighted by atomic mass is 10.1. The van der Waals surface area contributed by atoms with E-state index in [-0.39, 0.29) is 12.1 Å². The van der Waals surface area contributed by atoms with Crippen molar-refractivity contribution in [1.29, 1.82) is 0 Å². The van der Waals surface area contributed by atoms with Gasteiger partial charge in [0.05, 0.1) is 0 Å². The van der Waals surface area contributed by atoms with Gasteiger partial charge in [0, 0.05) is 11.7 Å². The Hall–Kier alpha value is -1.51. The lowest BCUT2D eigenvalue weighted by Crippen LogP contribution is -2.38. The molecule has 3 heteroatoms. The molecular weight excluding hydrogens is 200 g/mol. The van der Waals surface area contributed by atoms with Gasteiger partial charge in [-0.3, -0.25) is 0 Å². The maximum absolute atomic E-state index is 11.6. The van der Waals surface area contributed by atoms with E-state index in [1.165, 1.54) is 0 Å². The third kappa shape index (κ3) is 3.93. The topological polar surface area (TPSA) is 41.1 Å². The zero-order valence-electron chi connectivity index (χ0n) is 10.4. The van der Waals surface area contributed by atoms with Crippen LogP contribution < -0.4 is 10.6 Å². The maximum Gasteiger partial charge on any atom is 0.319 e. The quantitative estimate of drug-likeness (QED) is 0.807. The average molecular weight is 220 g/mol. The second-order valence-electron chi connectivity index (χ2n) is 4.50. The fourth-order valence-electron chi connectivity index (χ4n) is 1.26. The van der Waals surface area contributed by atoms with E-state index in [0.29, 0.717) is 5.92 Å². The Morgan fingerprint density at radius 2 is 1.94 bits per heavy atom. The van der Waals surface area contributed by atoms with Crippen LogP contribution >= 0.6 is 0 Å². The maximum atomic E-state index is 11.6. The number of hydrogen-bond donors (Lipinski definition) is 2. The summed E-state index contributed by atoms with van der Waals surface area (Å²) in [6, 6.07) is 7.78. The summed E-state index contributed by atoms with van der Waals surface area (Å²) in [6.45, 7) is 8.16. The van der Waals surface area contributed by atoms with E-state index in [1.54, 1.807) is 0 Å². The predicted molar refractivity (Wildman–Crippen MR) is 67.6 cm³/mol. The standard InChI is InChI=1S/C13H20N2O/c1-9(2)11(4)14-13(16)15-12-7-5-6-10(3)8-12/h5-9,11H,1-4H3,(H2,14,15,16). The van der Waals surface area contributed by atoms with Crippen LogP contribution in [0.4, 0.5) is 10.5 Å². The minimum atomic E-state index is -0.146. The summed E-state index contributed by atoms with van der Waals surface area (Å²) in [7, 11) is 0. The largest absolute Gasteiger partial charge is 0.335 e. The van der Waals surface area contributed by atoms with Crippen molar-refractivity contribution in [2.45, 2.75) is 33.7 Å². The first kappa shape index (κ1) is 12.6. The molecule has 0 saturated heterocycles. The monoisotopic (exact) mass is 220 g/mol. The van der Waals surface area contributed by atoms with E-state index in [0.717, 1.165) is 11.3 Å². The van der Waals surface area contributed by atoms with Gasteiger partial charge in [-0.1, -0.05) is 26.0 Å². The first-order valence-electron chi connectivity index (χ1n) is 5.63. The van der Waals surface area contributed by atoms with Crippen LogP contribution in [0.1, 0.15) is 26.3 Å². The summed E-state index contributed by atoms with van der Waals surface area (Å²) in [4.78, 5) is 11.6. The van der Waals surface area contributed by atoms with E-state index in [1.807, 2.05) is 38.1 Å². The Balaban J connectivity index is 2.52. The predicted octanol–water partition coefficient (Wildman–Crippen LogP) is 3.16. The fourth-order valence-corrected chi connectivity index (χ4v) is 1.26. The van der Waals surface area contributed by atoms with E-state index in [4.69, 9.17) is 0 Å². The molecule has 0 saturated carbocycles. The molecule has 1 aromatic rings. The number of hydrogen-bond acceptors (Lipinski definition) is 1. The SMILES string of the molecule is Cc1cccc(NC(=O)NC(C)C(C)C)c1. The highest BCUT2D eigenvalue weighted by Gasteiger charge is 2.10. The first-order valence-corrected chi connectivity index (χ1v) is 5.63. The van der Waals surface area contributed by atoms with Crippen LogP contribution in [0, 0.1) is 12.8 Å². The zero-order chi connectivity index (χ0) is 12.1. The molecule has 1 rings (SSSR count). The summed E-state index contributed by atoms with van der Waals surface area (Å²) in [5, 5.41) is 5.72. The molecule has 0 heterocycles. The number of carbonyl (C=O) groups is 1. The van der Waals surface area contributed by atoms with Crippen molar-refractivity contribution in [2.24, 2.45) is 5.92 Å². The van der Waals surface area contributed by atoms with Crippen molar-refractivity contribution in [3.05, 3.63) is 29.8 Å². The first-order chi connectivity index (χ1) is 7.49. The van der Waals surface area contributed by atoms with Crippen LogP contribution in [0.15, 0.2) is 24.3 Å². The lowest BCUT2D eigenvalue weighted by Gasteiger charge is -2.17. The van der Waals surface area contributed by atoms with Crippen LogP contribution in [-0.2, 0) is 0 Å². The van der Waals surface area contributed by atoms with Crippen molar-refractivity contribution in [2.75, 3.05) is 5.32 Å². The normalized spacial score (nSPS) is 12.3. The number of carbonyl (C=O) groups excluding carboxylic acids is 1. The van der Waals surface area contributed by atoms with Gasteiger partial charge in [0.25, 0.3) is 0 Å². The molecule has 2 amide bonds. The Kier molecular flexibility index (Phi) is 4.35. The van der Waals surface area contributed by atoms with Gasteiger partial charge < -0.3 is 10.6 Å². The fraction of sp³-hybridized carbons (Fsp3) is 0.462. The molecule has 0 aliphatic heterocycles. The molecule has 16 heavy (non-hydrogen) atoms. The summed E-state index contributed by atoms with van der Waals surface area (Å²) >= 11 is 0. The minimum Gasteiger partial charge on any atom is -0.335 e. The Morgan fingerprint density at radius 3 is 2.50 bits per heavy atom. The number of rotatable bonds is 3. The molecule has 1 aromatic carbocycles. The average Bonchev–Trinajstić information content (AvgIpc) is 2.16. The van der Waals surface area contributed by atoms with E-state index in [2.05, 4.69) is 24.5 Å². The van der Waals surface area contributed by atoms with Gasteiger partial charge in [-0.15, -0.1) is 0 Å². The molecule has 3 nitrogen and oxygen atoms in total. The van der Waals surface area contributed by atoms with Crippen LogP contribution in [-0.4, -0.2) is 12.1 Å². The molecule has 0 bridgehead atoms. The minimum absolute atomic E-state index is 0.146. The van der Waals surface area contributed by atoms with Crippen molar-refractivity contribution in [3.63, 3.8) is 0 Å². The molecule has 1 atom stereocenters. The van der Waals surface area contributed by atoms with E-state index >= 15 is 0 Å². The molecule has 0 fully saturated rings. The van der Waals surface area contributed by atoms with Gasteiger partial charge in [-0.25, -0.2) is 4.79 Å². The van der Waals surface area contributed by atoms with Gasteiger partial charge in [-0.2, -0.15) is 0 Å². The molecule has 0 aliphatic rings. The Bertz CT molecular complexity index is 361. The Labute approximate surface area is 97.2 Å². The summed E-state index contributed by atoms with van der Waals surface area (Å²) in [5.41, 5.74) is 1.96. The van der Waals surface area contributed by atoms with Gasteiger partial charge in [0.2, 0.25) is 0 Å². The summed E-state index contributed by atoms with van der Waals surface area (Å²) < 4.78 is 0. The molecule has 0 aliphatic carbocycles. The van der Waals surface area contributed by atoms with E-state index < -0.39 is 0 Å². The molecule has 2 N–H and O–H groups in total. The summed E-state index contributed by atoms with van der Waals surface area (Å²) in [5.74, 6) is 0.434. The third-order valence-electron chi connectivity index (χ3n) is 2.63. The molecule has 0 radical (unpaired) electrons. The molecular formula is C13H20N2O. The molecule has 1 unspecified atom stereocenters. The second kappa shape index (κ2) is 5.54.